The Labute approximate surface area is 199 Å². The minimum absolute atomic E-state index is 0.291. The van der Waals surface area contributed by atoms with Crippen molar-refractivity contribution in [2.24, 2.45) is 0 Å². The zero-order chi connectivity index (χ0) is 23.5. The van der Waals surface area contributed by atoms with Gasteiger partial charge in [-0.1, -0.05) is 12.1 Å². The first-order valence-electron chi connectivity index (χ1n) is 10.3. The summed E-state index contributed by atoms with van der Waals surface area (Å²) in [6.07, 6.45) is 1.45. The summed E-state index contributed by atoms with van der Waals surface area (Å²) in [5.74, 6) is 1.95. The summed E-state index contributed by atoms with van der Waals surface area (Å²) >= 11 is 3.57. The van der Waals surface area contributed by atoms with Gasteiger partial charge in [0.15, 0.2) is 11.5 Å². The molecule has 0 aliphatic carbocycles. The number of carbonyl (C=O) groups is 1. The first kappa shape index (κ1) is 22.7. The number of hydrogen-bond acceptors (Lipinski definition) is 7. The van der Waals surface area contributed by atoms with Gasteiger partial charge in [0.2, 0.25) is 5.95 Å². The second kappa shape index (κ2) is 9.53. The minimum atomic E-state index is -0.556. The molecule has 0 radical (unpaired) electrons. The second-order valence-corrected chi connectivity index (χ2v) is 8.07. The Hall–Kier alpha value is -3.53. The lowest BCUT2D eigenvalue weighted by atomic mass is 9.94. The van der Waals surface area contributed by atoms with E-state index in [9.17, 15) is 4.79 Å². The van der Waals surface area contributed by atoms with E-state index in [2.05, 4.69) is 36.6 Å². The first-order chi connectivity index (χ1) is 16.0. The molecule has 1 aliphatic rings. The molecule has 33 heavy (non-hydrogen) atoms. The summed E-state index contributed by atoms with van der Waals surface area (Å²) in [6.45, 7) is 4.20. The van der Waals surface area contributed by atoms with Gasteiger partial charge in [0, 0.05) is 5.70 Å². The van der Waals surface area contributed by atoms with Crippen LogP contribution < -0.4 is 24.8 Å². The highest BCUT2D eigenvalue weighted by Gasteiger charge is 2.34. The third-order valence-electron chi connectivity index (χ3n) is 5.25. The van der Waals surface area contributed by atoms with Crippen molar-refractivity contribution >= 4 is 33.5 Å². The number of nitrogens with zero attached hydrogens (tertiary/aromatic N) is 3. The van der Waals surface area contributed by atoms with E-state index >= 15 is 0 Å². The van der Waals surface area contributed by atoms with Gasteiger partial charge in [-0.2, -0.15) is 10.1 Å². The average molecular weight is 514 g/mol. The van der Waals surface area contributed by atoms with Gasteiger partial charge in [-0.25, -0.2) is 4.68 Å². The Balaban J connectivity index is 1.82. The Morgan fingerprint density at radius 2 is 2.00 bits per heavy atom. The molecule has 0 bridgehead atoms. The van der Waals surface area contributed by atoms with E-state index < -0.39 is 6.04 Å². The van der Waals surface area contributed by atoms with E-state index in [0.717, 1.165) is 5.56 Å². The number of halogens is 1. The maximum atomic E-state index is 13.6. The quantitative estimate of drug-likeness (QED) is 0.483. The zero-order valence-electron chi connectivity index (χ0n) is 18.7. The number of benzene rings is 2. The number of carbonyl (C=O) groups excluding carboxylic acids is 1. The molecule has 172 valence electrons. The van der Waals surface area contributed by atoms with Crippen LogP contribution in [-0.4, -0.2) is 41.5 Å². The second-order valence-electron chi connectivity index (χ2n) is 7.22. The molecule has 1 atom stereocenters. The third kappa shape index (κ3) is 4.25. The molecule has 1 aromatic heterocycles. The zero-order valence-corrected chi connectivity index (χ0v) is 20.3. The molecular formula is C23H24BrN5O4. The van der Waals surface area contributed by atoms with Crippen molar-refractivity contribution in [1.29, 1.82) is 0 Å². The van der Waals surface area contributed by atoms with Crippen molar-refractivity contribution in [3.05, 3.63) is 64.0 Å². The SMILES string of the molecule is CCOc1cc(C2C(C(=O)Nc3ccccc3OC)=C(C)Nc3ncnn32)cc(Br)c1OC. The summed E-state index contributed by atoms with van der Waals surface area (Å²) in [5.41, 5.74) is 2.50. The molecule has 0 fully saturated rings. The van der Waals surface area contributed by atoms with Crippen LogP contribution in [0.3, 0.4) is 0 Å². The van der Waals surface area contributed by atoms with Crippen LogP contribution in [0.2, 0.25) is 0 Å². The molecule has 0 saturated carbocycles. The average Bonchev–Trinajstić information content (AvgIpc) is 3.26. The monoisotopic (exact) mass is 513 g/mol. The molecule has 3 aromatic rings. The fraction of sp³-hybridized carbons (Fsp3) is 0.261. The van der Waals surface area contributed by atoms with Gasteiger partial charge in [0.05, 0.1) is 36.6 Å². The summed E-state index contributed by atoms with van der Waals surface area (Å²) in [7, 11) is 3.14. The van der Waals surface area contributed by atoms with E-state index in [1.54, 1.807) is 31.0 Å². The lowest BCUT2D eigenvalue weighted by molar-refractivity contribution is -0.113. The Bertz CT molecular complexity index is 1220. The van der Waals surface area contributed by atoms with Crippen molar-refractivity contribution in [3.8, 4) is 17.2 Å². The molecule has 4 rings (SSSR count). The van der Waals surface area contributed by atoms with Gasteiger partial charge >= 0.3 is 0 Å². The fourth-order valence-corrected chi connectivity index (χ4v) is 4.46. The topological polar surface area (TPSA) is 99.5 Å². The van der Waals surface area contributed by atoms with Gasteiger partial charge in [0.1, 0.15) is 18.1 Å². The molecule has 1 amide bonds. The summed E-state index contributed by atoms with van der Waals surface area (Å²) in [4.78, 5) is 17.9. The van der Waals surface area contributed by atoms with E-state index in [-0.39, 0.29) is 5.91 Å². The van der Waals surface area contributed by atoms with Crippen LogP contribution >= 0.6 is 15.9 Å². The summed E-state index contributed by atoms with van der Waals surface area (Å²) in [5, 5.41) is 10.5. The van der Waals surface area contributed by atoms with Crippen molar-refractivity contribution in [1.82, 2.24) is 14.8 Å². The highest BCUT2D eigenvalue weighted by molar-refractivity contribution is 9.10. The maximum absolute atomic E-state index is 13.6. The number of para-hydroxylation sites is 2. The van der Waals surface area contributed by atoms with Crippen LogP contribution in [0.5, 0.6) is 17.2 Å². The van der Waals surface area contributed by atoms with Gasteiger partial charge in [-0.3, -0.25) is 4.79 Å². The number of amides is 1. The van der Waals surface area contributed by atoms with E-state index in [4.69, 9.17) is 14.2 Å². The molecule has 2 aromatic carbocycles. The standard InChI is InChI=1S/C23H24BrN5O4/c1-5-33-18-11-14(10-15(24)21(18)32-4)20-19(13(2)27-23-25-12-26-29(20)23)22(30)28-16-8-6-7-9-17(16)31-3/h6-12,20H,5H2,1-4H3,(H,28,30)(H,25,26,27). The van der Waals surface area contributed by atoms with E-state index in [1.807, 2.05) is 38.1 Å². The van der Waals surface area contributed by atoms with Crippen molar-refractivity contribution in [2.75, 3.05) is 31.5 Å². The van der Waals surface area contributed by atoms with E-state index in [1.165, 1.54) is 6.33 Å². The third-order valence-corrected chi connectivity index (χ3v) is 5.83. The molecule has 10 heteroatoms. The lowest BCUT2D eigenvalue weighted by Gasteiger charge is -2.29. The largest absolute Gasteiger partial charge is 0.495 e. The summed E-state index contributed by atoms with van der Waals surface area (Å²) in [6, 6.07) is 10.5. The number of anilines is 2. The van der Waals surface area contributed by atoms with Crippen LogP contribution in [0.4, 0.5) is 11.6 Å². The van der Waals surface area contributed by atoms with Crippen LogP contribution in [0, 0.1) is 0 Å². The molecule has 0 spiro atoms. The molecule has 2 N–H and O–H groups in total. The number of nitrogens with one attached hydrogen (secondary N) is 2. The van der Waals surface area contributed by atoms with Crippen molar-refractivity contribution < 1.29 is 19.0 Å². The van der Waals surface area contributed by atoms with Crippen molar-refractivity contribution in [3.63, 3.8) is 0 Å². The first-order valence-corrected chi connectivity index (χ1v) is 11.1. The lowest BCUT2D eigenvalue weighted by Crippen LogP contribution is -2.31. The molecule has 2 heterocycles. The molecule has 9 nitrogen and oxygen atoms in total. The number of hydrogen-bond donors (Lipinski definition) is 2. The molecule has 1 aliphatic heterocycles. The van der Waals surface area contributed by atoms with Crippen LogP contribution in [0.25, 0.3) is 0 Å². The number of methoxy groups -OCH3 is 2. The van der Waals surface area contributed by atoms with Crippen LogP contribution in [-0.2, 0) is 4.79 Å². The highest BCUT2D eigenvalue weighted by Crippen LogP contribution is 2.42. The predicted octanol–water partition coefficient (Wildman–Crippen LogP) is 4.38. The summed E-state index contributed by atoms with van der Waals surface area (Å²) < 4.78 is 19.1. The maximum Gasteiger partial charge on any atom is 0.255 e. The number of allylic oxidation sites excluding steroid dienone is 1. The van der Waals surface area contributed by atoms with Crippen LogP contribution in [0.1, 0.15) is 25.5 Å². The van der Waals surface area contributed by atoms with Crippen molar-refractivity contribution in [2.45, 2.75) is 19.9 Å². The molecule has 1 unspecified atom stereocenters. The normalized spacial score (nSPS) is 14.9. The number of fused-ring (bicyclic) bond motifs is 1. The smallest absolute Gasteiger partial charge is 0.255 e. The number of ether oxygens (including phenoxy) is 3. The molecular weight excluding hydrogens is 490 g/mol. The Morgan fingerprint density at radius 3 is 2.73 bits per heavy atom. The predicted molar refractivity (Wildman–Crippen MR) is 128 cm³/mol. The van der Waals surface area contributed by atoms with Gasteiger partial charge in [0.25, 0.3) is 5.91 Å². The van der Waals surface area contributed by atoms with Gasteiger partial charge < -0.3 is 24.8 Å². The van der Waals surface area contributed by atoms with E-state index in [0.29, 0.717) is 51.2 Å². The minimum Gasteiger partial charge on any atom is -0.495 e. The van der Waals surface area contributed by atoms with Gasteiger partial charge in [-0.05, 0) is 59.6 Å². The molecule has 0 saturated heterocycles. The highest BCUT2D eigenvalue weighted by atomic mass is 79.9. The number of rotatable bonds is 7. The Morgan fingerprint density at radius 1 is 1.21 bits per heavy atom. The Kier molecular flexibility index (Phi) is 6.55. The van der Waals surface area contributed by atoms with Gasteiger partial charge in [-0.15, -0.1) is 0 Å². The fourth-order valence-electron chi connectivity index (χ4n) is 3.84. The number of aromatic nitrogens is 3. The van der Waals surface area contributed by atoms with Crippen LogP contribution in [0.15, 0.2) is 58.5 Å².